The number of hydrogen-bond donors (Lipinski definition) is 1. The first-order chi connectivity index (χ1) is 12.8. The normalized spacial score (nSPS) is 15.0. The smallest absolute Gasteiger partial charge is 0.225 e. The number of nitrogens with one attached hydrogen (secondary N) is 1. The molecule has 3 rings (SSSR count). The highest BCUT2D eigenvalue weighted by atomic mass is 16.1. The second-order valence-electron chi connectivity index (χ2n) is 6.57. The second kappa shape index (κ2) is 9.87. The Bertz CT molecular complexity index is 656. The number of rotatable bonds is 8. The number of anilines is 1. The summed E-state index contributed by atoms with van der Waals surface area (Å²) in [5.41, 5.74) is 1.32. The van der Waals surface area contributed by atoms with Crippen molar-refractivity contribution in [1.82, 2.24) is 20.2 Å². The average Bonchev–Trinajstić information content (AvgIpc) is 2.71. The number of amides is 1. The molecule has 0 bridgehead atoms. The quantitative estimate of drug-likeness (QED) is 0.733. The van der Waals surface area contributed by atoms with Gasteiger partial charge >= 0.3 is 0 Å². The maximum atomic E-state index is 12.0. The lowest BCUT2D eigenvalue weighted by atomic mass is 10.1. The van der Waals surface area contributed by atoms with E-state index in [2.05, 4.69) is 49.4 Å². The van der Waals surface area contributed by atoms with E-state index >= 15 is 0 Å². The van der Waals surface area contributed by atoms with Gasteiger partial charge in [-0.05, 0) is 24.5 Å². The summed E-state index contributed by atoms with van der Waals surface area (Å²) in [6.07, 6.45) is 6.09. The van der Waals surface area contributed by atoms with Crippen LogP contribution >= 0.6 is 0 Å². The van der Waals surface area contributed by atoms with Gasteiger partial charge in [-0.15, -0.1) is 0 Å². The van der Waals surface area contributed by atoms with Gasteiger partial charge < -0.3 is 10.2 Å². The maximum Gasteiger partial charge on any atom is 0.225 e. The van der Waals surface area contributed by atoms with Crippen molar-refractivity contribution < 1.29 is 4.79 Å². The molecule has 6 nitrogen and oxygen atoms in total. The van der Waals surface area contributed by atoms with Crippen LogP contribution in [0.25, 0.3) is 0 Å². The Morgan fingerprint density at radius 2 is 1.73 bits per heavy atom. The highest BCUT2D eigenvalue weighted by Gasteiger charge is 2.18. The Morgan fingerprint density at radius 1 is 1.00 bits per heavy atom. The molecule has 1 aromatic heterocycles. The average molecular weight is 353 g/mol. The third-order valence-electron chi connectivity index (χ3n) is 4.67. The number of hydrogen-bond acceptors (Lipinski definition) is 5. The van der Waals surface area contributed by atoms with Crippen LogP contribution in [0.2, 0.25) is 0 Å². The van der Waals surface area contributed by atoms with Crippen LogP contribution in [0.1, 0.15) is 18.4 Å². The molecule has 1 fully saturated rings. The molecule has 0 spiro atoms. The molecule has 1 saturated heterocycles. The molecule has 138 valence electrons. The van der Waals surface area contributed by atoms with Crippen molar-refractivity contribution in [3.05, 3.63) is 54.4 Å². The zero-order chi connectivity index (χ0) is 18.0. The molecule has 1 aliphatic heterocycles. The fourth-order valence-electron chi connectivity index (χ4n) is 3.14. The first-order valence-corrected chi connectivity index (χ1v) is 9.36. The zero-order valence-electron chi connectivity index (χ0n) is 15.2. The SMILES string of the molecule is O=C(CCN1CCN(c2ncccn2)CC1)NCCCc1ccccc1. The predicted octanol–water partition coefficient (Wildman–Crippen LogP) is 1.74. The molecule has 0 saturated carbocycles. The van der Waals surface area contributed by atoms with E-state index in [1.807, 2.05) is 12.1 Å². The Kier molecular flexibility index (Phi) is 6.96. The van der Waals surface area contributed by atoms with Gasteiger partial charge in [-0.3, -0.25) is 9.69 Å². The number of benzene rings is 1. The fourth-order valence-corrected chi connectivity index (χ4v) is 3.14. The fraction of sp³-hybridized carbons (Fsp3) is 0.450. The van der Waals surface area contributed by atoms with E-state index in [9.17, 15) is 4.79 Å². The van der Waals surface area contributed by atoms with E-state index in [-0.39, 0.29) is 5.91 Å². The molecular formula is C20H27N5O. The van der Waals surface area contributed by atoms with E-state index in [0.717, 1.165) is 58.1 Å². The maximum absolute atomic E-state index is 12.0. The predicted molar refractivity (Wildman–Crippen MR) is 103 cm³/mol. The van der Waals surface area contributed by atoms with Gasteiger partial charge in [0.05, 0.1) is 0 Å². The second-order valence-corrected chi connectivity index (χ2v) is 6.57. The third-order valence-corrected chi connectivity index (χ3v) is 4.67. The van der Waals surface area contributed by atoms with Gasteiger partial charge in [0.25, 0.3) is 0 Å². The molecule has 1 aliphatic rings. The minimum atomic E-state index is 0.145. The molecule has 0 radical (unpaired) electrons. The molecule has 1 aromatic carbocycles. The Labute approximate surface area is 155 Å². The van der Waals surface area contributed by atoms with E-state index in [1.54, 1.807) is 12.4 Å². The minimum absolute atomic E-state index is 0.145. The Hall–Kier alpha value is -2.47. The lowest BCUT2D eigenvalue weighted by molar-refractivity contribution is -0.121. The molecule has 2 heterocycles. The Balaban J connectivity index is 1.27. The largest absolute Gasteiger partial charge is 0.356 e. The van der Waals surface area contributed by atoms with Gasteiger partial charge in [0.2, 0.25) is 11.9 Å². The van der Waals surface area contributed by atoms with Crippen LogP contribution in [0.3, 0.4) is 0 Å². The summed E-state index contributed by atoms with van der Waals surface area (Å²) in [7, 11) is 0. The molecule has 2 aromatic rings. The van der Waals surface area contributed by atoms with Crippen molar-refractivity contribution in [2.24, 2.45) is 0 Å². The first kappa shape index (κ1) is 18.3. The van der Waals surface area contributed by atoms with E-state index in [1.165, 1.54) is 5.56 Å². The van der Waals surface area contributed by atoms with Crippen molar-refractivity contribution in [1.29, 1.82) is 0 Å². The van der Waals surface area contributed by atoms with Gasteiger partial charge in [-0.25, -0.2) is 9.97 Å². The molecule has 1 amide bonds. The van der Waals surface area contributed by atoms with Gasteiger partial charge in [-0.1, -0.05) is 30.3 Å². The monoisotopic (exact) mass is 353 g/mol. The highest BCUT2D eigenvalue weighted by Crippen LogP contribution is 2.09. The molecule has 1 N–H and O–H groups in total. The summed E-state index contributed by atoms with van der Waals surface area (Å²) >= 11 is 0. The summed E-state index contributed by atoms with van der Waals surface area (Å²) < 4.78 is 0. The molecule has 0 atom stereocenters. The summed E-state index contributed by atoms with van der Waals surface area (Å²) in [4.78, 5) is 25.1. The van der Waals surface area contributed by atoms with Crippen LogP contribution < -0.4 is 10.2 Å². The van der Waals surface area contributed by atoms with Gasteiger partial charge in [-0.2, -0.15) is 0 Å². The number of nitrogens with zero attached hydrogens (tertiary/aromatic N) is 4. The number of aromatic nitrogens is 2. The van der Waals surface area contributed by atoms with Crippen LogP contribution in [-0.2, 0) is 11.2 Å². The first-order valence-electron chi connectivity index (χ1n) is 9.36. The van der Waals surface area contributed by atoms with Gasteiger partial charge in [0.1, 0.15) is 0 Å². The van der Waals surface area contributed by atoms with Crippen molar-refractivity contribution >= 4 is 11.9 Å². The lowest BCUT2D eigenvalue weighted by Gasteiger charge is -2.34. The summed E-state index contributed by atoms with van der Waals surface area (Å²) in [6, 6.07) is 12.2. The number of piperazine rings is 1. The summed E-state index contributed by atoms with van der Waals surface area (Å²) in [5.74, 6) is 0.940. The minimum Gasteiger partial charge on any atom is -0.356 e. The van der Waals surface area contributed by atoms with Gasteiger partial charge in [0, 0.05) is 58.1 Å². The van der Waals surface area contributed by atoms with Crippen molar-refractivity contribution in [2.45, 2.75) is 19.3 Å². The molecule has 6 heteroatoms. The molecular weight excluding hydrogens is 326 g/mol. The van der Waals surface area contributed by atoms with E-state index < -0.39 is 0 Å². The van der Waals surface area contributed by atoms with Crippen molar-refractivity contribution in [2.75, 3.05) is 44.2 Å². The molecule has 26 heavy (non-hydrogen) atoms. The van der Waals surface area contributed by atoms with E-state index in [0.29, 0.717) is 6.42 Å². The summed E-state index contributed by atoms with van der Waals surface area (Å²) in [6.45, 7) is 5.26. The standard InChI is InChI=1S/C20H27N5O/c26-19(21-10-4-8-18-6-2-1-3-7-18)9-13-24-14-16-25(17-15-24)20-22-11-5-12-23-20/h1-3,5-7,11-12H,4,8-10,13-17H2,(H,21,26). The van der Waals surface area contributed by atoms with Crippen molar-refractivity contribution in [3.8, 4) is 0 Å². The number of carbonyl (C=O) groups excluding carboxylic acids is 1. The van der Waals surface area contributed by atoms with Crippen LogP contribution in [0.15, 0.2) is 48.8 Å². The van der Waals surface area contributed by atoms with Crippen molar-refractivity contribution in [3.63, 3.8) is 0 Å². The molecule has 0 unspecified atom stereocenters. The topological polar surface area (TPSA) is 61.4 Å². The zero-order valence-corrected chi connectivity index (χ0v) is 15.2. The third kappa shape index (κ3) is 5.81. The van der Waals surface area contributed by atoms with Crippen LogP contribution in [0.5, 0.6) is 0 Å². The molecule has 0 aliphatic carbocycles. The van der Waals surface area contributed by atoms with Crippen LogP contribution in [0.4, 0.5) is 5.95 Å². The van der Waals surface area contributed by atoms with Gasteiger partial charge in [0.15, 0.2) is 0 Å². The van der Waals surface area contributed by atoms with Crippen LogP contribution in [0, 0.1) is 0 Å². The summed E-state index contributed by atoms with van der Waals surface area (Å²) in [5, 5.41) is 3.03. The van der Waals surface area contributed by atoms with E-state index in [4.69, 9.17) is 0 Å². The highest BCUT2D eigenvalue weighted by molar-refractivity contribution is 5.76. The van der Waals surface area contributed by atoms with Crippen LogP contribution in [-0.4, -0.2) is 60.0 Å². The Morgan fingerprint density at radius 3 is 2.46 bits per heavy atom. The number of aryl methyl sites for hydroxylation is 1. The number of carbonyl (C=O) groups is 1. The lowest BCUT2D eigenvalue weighted by Crippen LogP contribution is -2.47.